The fourth-order valence-electron chi connectivity index (χ4n) is 5.81. The van der Waals surface area contributed by atoms with Crippen LogP contribution in [0.2, 0.25) is 0 Å². The Bertz CT molecular complexity index is 1920. The topological polar surface area (TPSA) is 377 Å². The molecule has 2 rings (SSSR count). The number of ether oxygens (including phenoxy) is 2. The number of hydrogen-bond donors (Lipinski definition) is 9. The lowest BCUT2D eigenvalue weighted by atomic mass is 10.0. The molecule has 0 bridgehead atoms. The number of carbonyl (C=O) groups is 12. The third-order valence-electron chi connectivity index (χ3n) is 9.26. The van der Waals surface area contributed by atoms with Gasteiger partial charge in [0, 0.05) is 54.2 Å². The molecule has 364 valence electrons. The molecular formula is C40H53IN6O19. The van der Waals surface area contributed by atoms with Gasteiger partial charge in [0.05, 0.1) is 32.8 Å². The second-order valence-corrected chi connectivity index (χ2v) is 15.7. The Labute approximate surface area is 390 Å². The highest BCUT2D eigenvalue weighted by Crippen LogP contribution is 2.13. The molecular weight excluding hydrogens is 995 g/mol. The molecule has 0 aliphatic carbocycles. The van der Waals surface area contributed by atoms with E-state index >= 15 is 0 Å². The van der Waals surface area contributed by atoms with Gasteiger partial charge in [-0.25, -0.2) is 9.59 Å². The number of nitrogens with one attached hydrogen (secondary N) is 5. The quantitative estimate of drug-likeness (QED) is 0.0237. The Morgan fingerprint density at radius 2 is 1.09 bits per heavy atom. The molecule has 1 fully saturated rings. The first-order chi connectivity index (χ1) is 31.3. The van der Waals surface area contributed by atoms with Crippen molar-refractivity contribution in [3.63, 3.8) is 0 Å². The standard InChI is InChI=1S/C40H53IN6O19/c41-24-5-3-4-23(22-24)36(58)42-17-2-1-6-28(40(62)63)46-39(61)27(9-14-34(55)56)45-38(60)26(8-13-33(53)54)44-37(59)25(7-12-32(51)52)43-29(48)15-18-64-20-21-65-19-16-35(57)66-47-30(49)10-11-31(47)50/h3-5,22,25-28H,1-2,6-21H2,(H,42,58)(H,43,48)(H,44,59)(H,45,60)(H,46,61)(H,51,52)(H,53,54)(H,55,56)(H,62,63)/t25-,26-,27-,28-/m1/s1. The van der Waals surface area contributed by atoms with Crippen molar-refractivity contribution in [1.82, 2.24) is 31.6 Å². The molecule has 0 unspecified atom stereocenters. The SMILES string of the molecule is O=C(O)CC[C@@H](NC(=O)CCOCCOCCC(=O)ON1C(=O)CCC1=O)C(=O)N[C@H](CCC(=O)O)C(=O)N[C@H](CCC(=O)O)C(=O)N[C@H](CCCCNC(=O)c1cccc(I)c1)C(=O)O. The minimum absolute atomic E-state index is 0.0452. The van der Waals surface area contributed by atoms with E-state index in [1.165, 1.54) is 0 Å². The number of amides is 7. The Balaban J connectivity index is 1.98. The fourth-order valence-corrected chi connectivity index (χ4v) is 6.35. The third kappa shape index (κ3) is 22.6. The monoisotopic (exact) mass is 1050 g/mol. The maximum Gasteiger partial charge on any atom is 0.335 e. The number of halogens is 1. The van der Waals surface area contributed by atoms with Crippen molar-refractivity contribution in [2.45, 2.75) is 108 Å². The number of benzene rings is 1. The second kappa shape index (κ2) is 30.0. The summed E-state index contributed by atoms with van der Waals surface area (Å²) >= 11 is 2.06. The van der Waals surface area contributed by atoms with Crippen LogP contribution >= 0.6 is 22.6 Å². The molecule has 26 heteroatoms. The number of nitrogens with zero attached hydrogens (tertiary/aromatic N) is 1. The number of imide groups is 1. The summed E-state index contributed by atoms with van der Waals surface area (Å²) < 4.78 is 11.4. The Morgan fingerprint density at radius 1 is 0.606 bits per heavy atom. The average molecular weight is 1050 g/mol. The number of carbonyl (C=O) groups excluding carboxylic acids is 8. The van der Waals surface area contributed by atoms with Crippen molar-refractivity contribution in [1.29, 1.82) is 0 Å². The summed E-state index contributed by atoms with van der Waals surface area (Å²) in [7, 11) is 0. The molecule has 0 radical (unpaired) electrons. The van der Waals surface area contributed by atoms with Gasteiger partial charge in [-0.1, -0.05) is 6.07 Å². The lowest BCUT2D eigenvalue weighted by molar-refractivity contribution is -0.198. The van der Waals surface area contributed by atoms with Gasteiger partial charge in [-0.2, -0.15) is 0 Å². The zero-order valence-electron chi connectivity index (χ0n) is 35.6. The van der Waals surface area contributed by atoms with Crippen LogP contribution in [-0.2, 0) is 67.1 Å². The van der Waals surface area contributed by atoms with E-state index in [0.717, 1.165) is 3.57 Å². The first-order valence-electron chi connectivity index (χ1n) is 20.6. The van der Waals surface area contributed by atoms with Crippen LogP contribution in [0.5, 0.6) is 0 Å². The van der Waals surface area contributed by atoms with Crippen LogP contribution in [0.4, 0.5) is 0 Å². The lowest BCUT2D eigenvalue weighted by Crippen LogP contribution is -2.58. The zero-order chi connectivity index (χ0) is 49.2. The number of unbranched alkanes of at least 4 members (excludes halogenated alkanes) is 1. The van der Waals surface area contributed by atoms with Crippen molar-refractivity contribution in [3.05, 3.63) is 33.4 Å². The van der Waals surface area contributed by atoms with Crippen molar-refractivity contribution >= 4 is 93.8 Å². The van der Waals surface area contributed by atoms with E-state index in [-0.39, 0.29) is 77.4 Å². The Morgan fingerprint density at radius 3 is 1.58 bits per heavy atom. The molecule has 25 nitrogen and oxygen atoms in total. The third-order valence-corrected chi connectivity index (χ3v) is 9.93. The predicted molar refractivity (Wildman–Crippen MR) is 229 cm³/mol. The van der Waals surface area contributed by atoms with Gasteiger partial charge in [0.15, 0.2) is 0 Å². The summed E-state index contributed by atoms with van der Waals surface area (Å²) in [6.45, 7) is -0.295. The van der Waals surface area contributed by atoms with E-state index in [1.807, 2.05) is 6.07 Å². The summed E-state index contributed by atoms with van der Waals surface area (Å²) in [5, 5.41) is 49.9. The largest absolute Gasteiger partial charge is 0.481 e. The molecule has 1 aliphatic heterocycles. The van der Waals surface area contributed by atoms with Gasteiger partial charge in [0.1, 0.15) is 24.2 Å². The van der Waals surface area contributed by atoms with Crippen LogP contribution in [0.15, 0.2) is 24.3 Å². The molecule has 1 aromatic carbocycles. The highest BCUT2D eigenvalue weighted by Gasteiger charge is 2.34. The van der Waals surface area contributed by atoms with Crippen molar-refractivity contribution in [2.75, 3.05) is 33.0 Å². The summed E-state index contributed by atoms with van der Waals surface area (Å²) in [5.74, 6) is -12.3. The smallest absolute Gasteiger partial charge is 0.335 e. The van der Waals surface area contributed by atoms with Crippen LogP contribution in [0, 0.1) is 3.57 Å². The summed E-state index contributed by atoms with van der Waals surface area (Å²) in [4.78, 5) is 151. The van der Waals surface area contributed by atoms with Crippen molar-refractivity contribution in [2.24, 2.45) is 0 Å². The molecule has 4 atom stereocenters. The van der Waals surface area contributed by atoms with Gasteiger partial charge >= 0.3 is 29.8 Å². The van der Waals surface area contributed by atoms with E-state index in [1.54, 1.807) is 18.2 Å². The molecule has 0 aromatic heterocycles. The molecule has 66 heavy (non-hydrogen) atoms. The lowest BCUT2D eigenvalue weighted by Gasteiger charge is -2.26. The maximum absolute atomic E-state index is 13.5. The van der Waals surface area contributed by atoms with Crippen LogP contribution in [0.3, 0.4) is 0 Å². The average Bonchev–Trinajstić information content (AvgIpc) is 3.56. The van der Waals surface area contributed by atoms with Gasteiger partial charge < -0.3 is 61.3 Å². The molecule has 0 spiro atoms. The number of hydroxylamine groups is 2. The number of hydrogen-bond acceptors (Lipinski definition) is 15. The Hall–Kier alpha value is -6.29. The number of carboxylic acids is 4. The van der Waals surface area contributed by atoms with Crippen molar-refractivity contribution in [3.8, 4) is 0 Å². The predicted octanol–water partition coefficient (Wildman–Crippen LogP) is -0.770. The van der Waals surface area contributed by atoms with Crippen LogP contribution in [-0.4, -0.2) is 154 Å². The second-order valence-electron chi connectivity index (χ2n) is 14.5. The minimum Gasteiger partial charge on any atom is -0.481 e. The minimum atomic E-state index is -1.74. The van der Waals surface area contributed by atoms with Crippen molar-refractivity contribution < 1.29 is 92.3 Å². The van der Waals surface area contributed by atoms with E-state index in [0.29, 0.717) is 17.0 Å². The Kier molecular flexibility index (Phi) is 25.4. The maximum atomic E-state index is 13.5. The first kappa shape index (κ1) is 55.8. The summed E-state index contributed by atoms with van der Waals surface area (Å²) in [6.07, 6.45) is -4.05. The first-order valence-corrected chi connectivity index (χ1v) is 21.7. The number of carboxylic acid groups (broad SMARTS) is 4. The van der Waals surface area contributed by atoms with Crippen LogP contribution < -0.4 is 26.6 Å². The summed E-state index contributed by atoms with van der Waals surface area (Å²) in [5.41, 5.74) is 0.428. The van der Waals surface area contributed by atoms with Crippen LogP contribution in [0.25, 0.3) is 0 Å². The number of aliphatic carboxylic acids is 4. The number of rotatable bonds is 33. The van der Waals surface area contributed by atoms with E-state index < -0.39 is 128 Å². The van der Waals surface area contributed by atoms with Gasteiger partial charge in [0.2, 0.25) is 23.6 Å². The van der Waals surface area contributed by atoms with Crippen LogP contribution in [0.1, 0.15) is 93.8 Å². The molecule has 1 saturated heterocycles. The normalized spacial score (nSPS) is 13.9. The molecule has 7 amide bonds. The highest BCUT2D eigenvalue weighted by atomic mass is 127. The molecule has 1 aromatic rings. The zero-order valence-corrected chi connectivity index (χ0v) is 37.7. The fraction of sp³-hybridized carbons (Fsp3) is 0.550. The van der Waals surface area contributed by atoms with E-state index in [9.17, 15) is 78.0 Å². The summed E-state index contributed by atoms with van der Waals surface area (Å²) in [6, 6.07) is 0.293. The molecule has 1 aliphatic rings. The van der Waals surface area contributed by atoms with E-state index in [4.69, 9.17) is 14.3 Å². The van der Waals surface area contributed by atoms with Gasteiger partial charge in [-0.15, -0.1) is 5.06 Å². The molecule has 9 N–H and O–H groups in total. The molecule has 1 heterocycles. The highest BCUT2D eigenvalue weighted by molar-refractivity contribution is 14.1. The van der Waals surface area contributed by atoms with Gasteiger partial charge in [-0.05, 0) is 79.3 Å². The van der Waals surface area contributed by atoms with Gasteiger partial charge in [0.25, 0.3) is 17.7 Å². The van der Waals surface area contributed by atoms with E-state index in [2.05, 4.69) is 49.2 Å². The van der Waals surface area contributed by atoms with Gasteiger partial charge in [-0.3, -0.25) is 47.9 Å². The molecule has 0 saturated carbocycles.